The number of carbonyl (C=O) groups excluding carboxylic acids is 4. The van der Waals surface area contributed by atoms with Crippen molar-refractivity contribution >= 4 is 62.8 Å². The highest BCUT2D eigenvalue weighted by atomic mass is 35.5. The topological polar surface area (TPSA) is 169 Å². The molecular weight excluding hydrogens is 792 g/mol. The fraction of sp³-hybridized carbons (Fsp3) is 0.537. The van der Waals surface area contributed by atoms with Crippen molar-refractivity contribution in [1.29, 1.82) is 0 Å². The number of nitrogens with zero attached hydrogens (tertiary/aromatic N) is 2. The van der Waals surface area contributed by atoms with Gasteiger partial charge in [-0.2, -0.15) is 0 Å². The number of amides is 3. The summed E-state index contributed by atoms with van der Waals surface area (Å²) in [6.07, 6.45) is 4.99. The molecule has 0 radical (unpaired) electrons. The maximum Gasteiger partial charge on any atom is 0.409 e. The molecule has 4 bridgehead atoms. The first-order valence-electron chi connectivity index (χ1n) is 19.1. The maximum atomic E-state index is 14.0. The van der Waals surface area contributed by atoms with Gasteiger partial charge in [0.25, 0.3) is 0 Å². The number of aromatic nitrogens is 1. The smallest absolute Gasteiger partial charge is 0.409 e. The van der Waals surface area contributed by atoms with Gasteiger partial charge in [0.1, 0.15) is 28.6 Å². The number of carbonyl (C=O) groups is 4. The van der Waals surface area contributed by atoms with Crippen LogP contribution in [0.2, 0.25) is 5.02 Å². The molecule has 3 aliphatic heterocycles. The lowest BCUT2D eigenvalue weighted by Gasteiger charge is -2.41. The Kier molecular flexibility index (Phi) is 15.5. The number of fused-ring (bicyclic) bond motifs is 5. The number of benzene rings is 1. The van der Waals surface area contributed by atoms with Crippen LogP contribution in [-0.2, 0) is 39.8 Å². The van der Waals surface area contributed by atoms with Crippen LogP contribution in [-0.4, -0.2) is 96.2 Å². The number of anilines is 1. The largest absolute Gasteiger partial charge is 0.459 e. The Balaban J connectivity index is 1.24. The van der Waals surface area contributed by atoms with Crippen LogP contribution >= 0.6 is 33.2 Å². The summed E-state index contributed by atoms with van der Waals surface area (Å²) in [5.41, 5.74) is 0.606. The molecule has 7 atom stereocenters. The molecule has 3 aliphatic rings. The molecule has 2 fully saturated rings. The van der Waals surface area contributed by atoms with Crippen molar-refractivity contribution in [2.45, 2.75) is 101 Å². The van der Waals surface area contributed by atoms with Gasteiger partial charge in [-0.05, 0) is 67.3 Å². The first-order valence-corrected chi connectivity index (χ1v) is 21.8. The van der Waals surface area contributed by atoms with Crippen LogP contribution in [0, 0.1) is 18.8 Å². The van der Waals surface area contributed by atoms with Crippen LogP contribution in [0.25, 0.3) is 0 Å². The van der Waals surface area contributed by atoms with Crippen molar-refractivity contribution in [2.24, 2.45) is 11.8 Å². The summed E-state index contributed by atoms with van der Waals surface area (Å²) in [5, 5.41) is 18.4. The van der Waals surface area contributed by atoms with E-state index in [1.54, 1.807) is 31.0 Å². The van der Waals surface area contributed by atoms with Crippen molar-refractivity contribution in [2.75, 3.05) is 37.5 Å². The Labute approximate surface area is 347 Å². The second kappa shape index (κ2) is 19.9. The van der Waals surface area contributed by atoms with Crippen LogP contribution in [0.15, 0.2) is 65.4 Å². The van der Waals surface area contributed by atoms with Gasteiger partial charge in [0.2, 0.25) is 11.8 Å². The zero-order chi connectivity index (χ0) is 41.3. The molecule has 1 aromatic carbocycles. The Morgan fingerprint density at radius 1 is 1.18 bits per heavy atom. The van der Waals surface area contributed by atoms with Crippen LogP contribution in [0.1, 0.15) is 64.5 Å². The molecule has 2 saturated heterocycles. The Hall–Kier alpha value is -3.60. The number of esters is 1. The summed E-state index contributed by atoms with van der Waals surface area (Å²) >= 11 is 6.77. The number of aliphatic hydroxyl groups is 1. The highest BCUT2D eigenvalue weighted by Gasteiger charge is 2.64. The SMILES string of the molecule is C/C1=C\C=C\C(C)C2(O)CC(OC(=O)N2)C(C)C2OC2(C)C(OC(=O)CCOCCNC(=O)CCSSc2ccccn2)CC(=O)N(C)c2cc(cc(C)c2Cl)C1. The number of nitrogens with one attached hydrogen (secondary N) is 2. The van der Waals surface area contributed by atoms with Crippen molar-refractivity contribution in [1.82, 2.24) is 15.6 Å². The van der Waals surface area contributed by atoms with Crippen molar-refractivity contribution < 1.29 is 43.2 Å². The van der Waals surface area contributed by atoms with E-state index in [0.717, 1.165) is 21.7 Å². The molecule has 57 heavy (non-hydrogen) atoms. The monoisotopic (exact) mass is 844 g/mol. The second-order valence-electron chi connectivity index (χ2n) is 15.1. The lowest BCUT2D eigenvalue weighted by molar-refractivity contribution is -0.155. The van der Waals surface area contributed by atoms with Crippen LogP contribution in [0.4, 0.5) is 10.5 Å². The first-order chi connectivity index (χ1) is 27.1. The standard InChI is InChI=1S/C41H53ClN4O9S2/c1-25-10-9-11-27(3)41(51)24-31(53-39(50)45-41)28(4)38-40(5,55-38)32(23-35(48)46(6)30-22-29(20-25)21-26(2)37(30)42)54-36(49)13-17-52-18-16-43-33(47)14-19-56-57-34-12-7-8-15-44-34/h7-12,15,21-22,27-28,31-32,38,51H,13-14,16-20,23-24H2,1-6H3,(H,43,47)(H,45,50)/b11-9+,25-10+. The molecule has 16 heteroatoms. The number of ether oxygens (including phenoxy) is 4. The average molecular weight is 845 g/mol. The number of rotatable bonds is 12. The fourth-order valence-corrected chi connectivity index (χ4v) is 9.11. The summed E-state index contributed by atoms with van der Waals surface area (Å²) in [6.45, 7) is 9.83. The van der Waals surface area contributed by atoms with Gasteiger partial charge in [0, 0.05) is 50.2 Å². The zero-order valence-corrected chi connectivity index (χ0v) is 35.6. The molecule has 310 valence electrons. The number of aryl methyl sites for hydroxylation is 1. The van der Waals surface area contributed by atoms with E-state index in [9.17, 15) is 24.3 Å². The predicted molar refractivity (Wildman–Crippen MR) is 221 cm³/mol. The van der Waals surface area contributed by atoms with Crippen molar-refractivity contribution in [3.63, 3.8) is 0 Å². The summed E-state index contributed by atoms with van der Waals surface area (Å²) in [4.78, 5) is 58.1. The number of alkyl carbamates (subject to hydrolysis) is 1. The second-order valence-corrected chi connectivity index (χ2v) is 17.9. The summed E-state index contributed by atoms with van der Waals surface area (Å²) in [5.74, 6) is -1.32. The molecule has 3 N–H and O–H groups in total. The molecule has 0 spiro atoms. The van der Waals surface area contributed by atoms with Gasteiger partial charge in [-0.25, -0.2) is 9.78 Å². The third kappa shape index (κ3) is 12.0. The van der Waals surface area contributed by atoms with Crippen LogP contribution in [0.5, 0.6) is 0 Å². The van der Waals surface area contributed by atoms with E-state index >= 15 is 0 Å². The normalized spacial score (nSPS) is 29.2. The molecule has 0 saturated carbocycles. The molecule has 3 amide bonds. The third-order valence-corrected chi connectivity index (χ3v) is 13.3. The van der Waals surface area contributed by atoms with Gasteiger partial charge in [-0.3, -0.25) is 19.7 Å². The molecule has 1 aromatic heterocycles. The number of pyridine rings is 1. The summed E-state index contributed by atoms with van der Waals surface area (Å²) in [6, 6.07) is 9.54. The lowest BCUT2D eigenvalue weighted by atomic mass is 9.82. The van der Waals surface area contributed by atoms with E-state index in [1.165, 1.54) is 15.7 Å². The van der Waals surface area contributed by atoms with E-state index in [-0.39, 0.29) is 50.8 Å². The quantitative estimate of drug-likeness (QED) is 0.0941. The minimum Gasteiger partial charge on any atom is -0.459 e. The van der Waals surface area contributed by atoms with Crippen molar-refractivity contribution in [3.8, 4) is 0 Å². The van der Waals surface area contributed by atoms with Crippen molar-refractivity contribution in [3.05, 3.63) is 76.5 Å². The van der Waals surface area contributed by atoms with Gasteiger partial charge in [0.15, 0.2) is 0 Å². The van der Waals surface area contributed by atoms with Gasteiger partial charge in [0.05, 0.1) is 42.9 Å². The van der Waals surface area contributed by atoms with Gasteiger partial charge < -0.3 is 34.3 Å². The van der Waals surface area contributed by atoms with E-state index in [0.29, 0.717) is 29.3 Å². The molecule has 7 unspecified atom stereocenters. The van der Waals surface area contributed by atoms with Gasteiger partial charge in [-0.1, -0.05) is 72.2 Å². The highest BCUT2D eigenvalue weighted by Crippen LogP contribution is 2.49. The number of epoxide rings is 1. The van der Waals surface area contributed by atoms with Gasteiger partial charge >= 0.3 is 12.1 Å². The number of hydrogen-bond acceptors (Lipinski definition) is 12. The predicted octanol–water partition coefficient (Wildman–Crippen LogP) is 6.34. The third-order valence-electron chi connectivity index (χ3n) is 10.6. The lowest BCUT2D eigenvalue weighted by Crippen LogP contribution is -2.60. The molecular formula is C41H53ClN4O9S2. The molecule has 5 rings (SSSR count). The summed E-state index contributed by atoms with van der Waals surface area (Å²) in [7, 11) is 4.71. The Morgan fingerprint density at radius 2 is 1.96 bits per heavy atom. The minimum atomic E-state index is -1.59. The van der Waals surface area contributed by atoms with E-state index in [1.807, 2.05) is 76.3 Å². The average Bonchev–Trinajstić information content (AvgIpc) is 3.87. The number of halogens is 1. The zero-order valence-electron chi connectivity index (χ0n) is 33.2. The fourth-order valence-electron chi connectivity index (χ4n) is 7.01. The summed E-state index contributed by atoms with van der Waals surface area (Å²) < 4.78 is 23.5. The Bertz CT molecular complexity index is 1830. The maximum absolute atomic E-state index is 14.0. The van der Waals surface area contributed by atoms with Crippen LogP contribution < -0.4 is 15.5 Å². The number of allylic oxidation sites excluding steroid dienone is 3. The van der Waals surface area contributed by atoms with E-state index in [2.05, 4.69) is 15.6 Å². The molecule has 0 aliphatic carbocycles. The van der Waals surface area contributed by atoms with E-state index < -0.39 is 53.5 Å². The molecule has 4 heterocycles. The van der Waals surface area contributed by atoms with E-state index in [4.69, 9.17) is 30.5 Å². The first kappa shape index (κ1) is 44.5. The highest BCUT2D eigenvalue weighted by molar-refractivity contribution is 8.76. The Morgan fingerprint density at radius 3 is 2.72 bits per heavy atom. The minimum absolute atomic E-state index is 0.0367. The van der Waals surface area contributed by atoms with Gasteiger partial charge in [-0.15, -0.1) is 0 Å². The van der Waals surface area contributed by atoms with Crippen LogP contribution in [0.3, 0.4) is 0 Å². The molecule has 13 nitrogen and oxygen atoms in total. The number of hydrogen-bond donors (Lipinski definition) is 3. The molecule has 2 aromatic rings.